The molecule has 1 nitrogen and oxygen atoms in total. The third-order valence-electron chi connectivity index (χ3n) is 1.54. The van der Waals surface area contributed by atoms with E-state index in [-0.39, 0.29) is 9.87 Å². The molecule has 2 fully saturated rings. The lowest BCUT2D eigenvalue weighted by Gasteiger charge is -2.46. The van der Waals surface area contributed by atoms with Gasteiger partial charge in [0.15, 0.2) is 0 Å². The van der Waals surface area contributed by atoms with Gasteiger partial charge in [-0.05, 0) is 13.8 Å². The van der Waals surface area contributed by atoms with E-state index in [0.717, 1.165) is 11.5 Å². The molecule has 2 aliphatic heterocycles. The summed E-state index contributed by atoms with van der Waals surface area (Å²) in [5.41, 5.74) is 0. The van der Waals surface area contributed by atoms with E-state index in [1.165, 1.54) is 0 Å². The molecule has 11 heavy (non-hydrogen) atoms. The Labute approximate surface area is 83.0 Å². The zero-order valence-corrected chi connectivity index (χ0v) is 9.72. The van der Waals surface area contributed by atoms with Crippen molar-refractivity contribution in [3.05, 3.63) is 0 Å². The minimum atomic E-state index is 0.105. The molecule has 0 aromatic heterocycles. The van der Waals surface area contributed by atoms with Crippen LogP contribution >= 0.6 is 43.2 Å². The predicted octanol–water partition coefficient (Wildman–Crippen LogP) is 3.23. The van der Waals surface area contributed by atoms with Crippen LogP contribution in [-0.2, 0) is 4.74 Å². The smallest absolute Gasteiger partial charge is 0.132 e. The predicted molar refractivity (Wildman–Crippen MR) is 58.0 cm³/mol. The molecular formula is C6H10OS4. The van der Waals surface area contributed by atoms with Gasteiger partial charge in [-0.2, -0.15) is 0 Å². The molecule has 64 valence electrons. The van der Waals surface area contributed by atoms with E-state index in [0.29, 0.717) is 0 Å². The fourth-order valence-corrected chi connectivity index (χ4v) is 5.41. The second-order valence-corrected chi connectivity index (χ2v) is 8.58. The second-order valence-electron chi connectivity index (χ2n) is 3.06. The van der Waals surface area contributed by atoms with Crippen LogP contribution in [0.3, 0.4) is 0 Å². The summed E-state index contributed by atoms with van der Waals surface area (Å²) in [5.74, 6) is 2.27. The van der Waals surface area contributed by atoms with Gasteiger partial charge in [-0.3, -0.25) is 0 Å². The standard InChI is InChI=1S/C6H10OS4/c1-5(3-8-10-5)7-6(2)4-9-11-6/h3-4H2,1-2H3. The number of hydrogen-bond donors (Lipinski definition) is 0. The molecule has 0 N–H and O–H groups in total. The van der Waals surface area contributed by atoms with Crippen LogP contribution in [0.25, 0.3) is 0 Å². The van der Waals surface area contributed by atoms with Crippen molar-refractivity contribution in [1.82, 2.24) is 0 Å². The molecule has 0 saturated carbocycles. The highest BCUT2D eigenvalue weighted by atomic mass is 33.1. The lowest BCUT2D eigenvalue weighted by Crippen LogP contribution is -2.45. The minimum Gasteiger partial charge on any atom is -0.344 e. The number of hydrogen-bond acceptors (Lipinski definition) is 5. The first kappa shape index (κ1) is 8.94. The summed E-state index contributed by atoms with van der Waals surface area (Å²) < 4.78 is 5.98. The van der Waals surface area contributed by atoms with Crippen LogP contribution in [0.15, 0.2) is 0 Å². The molecule has 5 heteroatoms. The van der Waals surface area contributed by atoms with Crippen LogP contribution in [0.1, 0.15) is 13.8 Å². The molecular weight excluding hydrogens is 216 g/mol. The zero-order chi connectivity index (χ0) is 7.95. The number of rotatable bonds is 2. The van der Waals surface area contributed by atoms with Crippen molar-refractivity contribution in [2.24, 2.45) is 0 Å². The van der Waals surface area contributed by atoms with Crippen LogP contribution in [0.2, 0.25) is 0 Å². The average Bonchev–Trinajstić information content (AvgIpc) is 1.81. The van der Waals surface area contributed by atoms with Crippen molar-refractivity contribution < 1.29 is 4.74 Å². The third kappa shape index (κ3) is 1.82. The molecule has 2 rings (SSSR count). The zero-order valence-electron chi connectivity index (χ0n) is 6.46. The van der Waals surface area contributed by atoms with Crippen molar-refractivity contribution in [3.63, 3.8) is 0 Å². The average molecular weight is 226 g/mol. The first-order valence-electron chi connectivity index (χ1n) is 3.43. The van der Waals surface area contributed by atoms with Crippen LogP contribution in [-0.4, -0.2) is 21.4 Å². The van der Waals surface area contributed by atoms with Gasteiger partial charge in [0.25, 0.3) is 0 Å². The molecule has 2 heterocycles. The van der Waals surface area contributed by atoms with Crippen molar-refractivity contribution in [2.75, 3.05) is 11.5 Å². The molecule has 2 aliphatic rings. The fraction of sp³-hybridized carbons (Fsp3) is 1.00. The summed E-state index contributed by atoms with van der Waals surface area (Å²) in [6.07, 6.45) is 0. The summed E-state index contributed by atoms with van der Waals surface area (Å²) in [7, 11) is 7.50. The first-order chi connectivity index (χ1) is 5.12. The van der Waals surface area contributed by atoms with E-state index >= 15 is 0 Å². The van der Waals surface area contributed by atoms with Gasteiger partial charge in [0.05, 0.1) is 0 Å². The first-order valence-corrected chi connectivity index (χ1v) is 8.07. The second kappa shape index (κ2) is 2.94. The highest BCUT2D eigenvalue weighted by Gasteiger charge is 2.46. The largest absolute Gasteiger partial charge is 0.344 e. The Morgan fingerprint density at radius 2 is 1.36 bits per heavy atom. The Balaban J connectivity index is 1.88. The van der Waals surface area contributed by atoms with Crippen molar-refractivity contribution >= 4 is 43.2 Å². The quantitative estimate of drug-likeness (QED) is 0.667. The molecule has 2 atom stereocenters. The molecule has 2 saturated heterocycles. The van der Waals surface area contributed by atoms with Gasteiger partial charge in [0.2, 0.25) is 0 Å². The molecule has 0 amide bonds. The molecule has 0 aromatic rings. The Kier molecular flexibility index (Phi) is 2.39. The van der Waals surface area contributed by atoms with Crippen molar-refractivity contribution in [2.45, 2.75) is 23.7 Å². The lowest BCUT2D eigenvalue weighted by atomic mass is 10.4. The van der Waals surface area contributed by atoms with Crippen molar-refractivity contribution in [3.8, 4) is 0 Å². The molecule has 0 spiro atoms. The number of ether oxygens (including phenoxy) is 1. The van der Waals surface area contributed by atoms with Crippen molar-refractivity contribution in [1.29, 1.82) is 0 Å². The van der Waals surface area contributed by atoms with Gasteiger partial charge in [0, 0.05) is 11.5 Å². The Bertz CT molecular complexity index is 146. The summed E-state index contributed by atoms with van der Waals surface area (Å²) in [4.78, 5) is 0.209. The lowest BCUT2D eigenvalue weighted by molar-refractivity contribution is -0.0125. The van der Waals surface area contributed by atoms with Crippen LogP contribution < -0.4 is 0 Å². The minimum absolute atomic E-state index is 0.105. The molecule has 0 aliphatic carbocycles. The Hall–Kier alpha value is 1.36. The summed E-state index contributed by atoms with van der Waals surface area (Å²) in [6, 6.07) is 0. The summed E-state index contributed by atoms with van der Waals surface area (Å²) >= 11 is 0. The summed E-state index contributed by atoms with van der Waals surface area (Å²) in [5, 5.41) is 0. The maximum absolute atomic E-state index is 5.98. The SMILES string of the molecule is CC1(OC2(C)CSS2)CSS1. The van der Waals surface area contributed by atoms with Gasteiger partial charge < -0.3 is 4.74 Å². The van der Waals surface area contributed by atoms with Crippen LogP contribution in [0, 0.1) is 0 Å². The topological polar surface area (TPSA) is 9.23 Å². The third-order valence-corrected chi connectivity index (χ3v) is 8.17. The Morgan fingerprint density at radius 1 is 1.00 bits per heavy atom. The van der Waals surface area contributed by atoms with Crippen LogP contribution in [0.4, 0.5) is 0 Å². The van der Waals surface area contributed by atoms with Gasteiger partial charge in [-0.1, -0.05) is 43.2 Å². The van der Waals surface area contributed by atoms with E-state index in [9.17, 15) is 0 Å². The molecule has 0 radical (unpaired) electrons. The highest BCUT2D eigenvalue weighted by Crippen LogP contribution is 2.58. The normalized spacial score (nSPS) is 49.6. The van der Waals surface area contributed by atoms with Crippen LogP contribution in [0.5, 0.6) is 0 Å². The van der Waals surface area contributed by atoms with E-state index < -0.39 is 0 Å². The molecule has 0 aromatic carbocycles. The van der Waals surface area contributed by atoms with E-state index in [2.05, 4.69) is 13.8 Å². The highest BCUT2D eigenvalue weighted by molar-refractivity contribution is 8.80. The maximum Gasteiger partial charge on any atom is 0.132 e. The molecule has 0 bridgehead atoms. The molecule has 2 unspecified atom stereocenters. The summed E-state index contributed by atoms with van der Waals surface area (Å²) in [6.45, 7) is 4.37. The van der Waals surface area contributed by atoms with Gasteiger partial charge in [0.1, 0.15) is 9.87 Å². The van der Waals surface area contributed by atoms with E-state index in [4.69, 9.17) is 4.74 Å². The van der Waals surface area contributed by atoms with E-state index in [1.807, 2.05) is 43.2 Å². The monoisotopic (exact) mass is 226 g/mol. The Morgan fingerprint density at radius 3 is 1.55 bits per heavy atom. The van der Waals surface area contributed by atoms with E-state index in [1.54, 1.807) is 0 Å². The van der Waals surface area contributed by atoms with Gasteiger partial charge in [-0.15, -0.1) is 0 Å². The fourth-order valence-electron chi connectivity index (χ4n) is 0.999. The maximum atomic E-state index is 5.98. The van der Waals surface area contributed by atoms with Gasteiger partial charge >= 0.3 is 0 Å². The van der Waals surface area contributed by atoms with Gasteiger partial charge in [-0.25, -0.2) is 0 Å².